The molecule has 2 fully saturated rings. The third kappa shape index (κ3) is 3.89. The molecule has 0 aromatic carbocycles. The number of nitrogens with one attached hydrogen (secondary N) is 1. The molecular formula is C18H25N3O2. The van der Waals surface area contributed by atoms with Crippen molar-refractivity contribution < 1.29 is 9.59 Å². The van der Waals surface area contributed by atoms with E-state index in [1.54, 1.807) is 12.4 Å². The van der Waals surface area contributed by atoms with Crippen LogP contribution in [0.4, 0.5) is 0 Å². The van der Waals surface area contributed by atoms with Gasteiger partial charge in [0.25, 0.3) is 0 Å². The fourth-order valence-corrected chi connectivity index (χ4v) is 3.69. The van der Waals surface area contributed by atoms with Gasteiger partial charge in [-0.05, 0) is 43.4 Å². The van der Waals surface area contributed by atoms with Gasteiger partial charge in [-0.1, -0.05) is 19.3 Å². The van der Waals surface area contributed by atoms with E-state index in [1.165, 1.54) is 6.42 Å². The third-order valence-electron chi connectivity index (χ3n) is 5.01. The van der Waals surface area contributed by atoms with Crippen molar-refractivity contribution in [3.63, 3.8) is 0 Å². The Kier molecular flexibility index (Phi) is 5.26. The van der Waals surface area contributed by atoms with Crippen LogP contribution >= 0.6 is 0 Å². The van der Waals surface area contributed by atoms with Gasteiger partial charge < -0.3 is 10.2 Å². The normalized spacial score (nSPS) is 22.1. The topological polar surface area (TPSA) is 62.3 Å². The van der Waals surface area contributed by atoms with E-state index >= 15 is 0 Å². The molecule has 0 spiro atoms. The number of amides is 2. The first-order valence-electron chi connectivity index (χ1n) is 8.73. The van der Waals surface area contributed by atoms with E-state index in [4.69, 9.17) is 0 Å². The van der Waals surface area contributed by atoms with Gasteiger partial charge in [-0.25, -0.2) is 0 Å². The van der Waals surface area contributed by atoms with Gasteiger partial charge in [0.05, 0.1) is 0 Å². The standard InChI is InChI=1S/C18H25N3O2/c22-17(20-13-14-8-10-19-11-9-14)16-7-4-12-21(16)18(23)15-5-2-1-3-6-15/h8-11,15-16H,1-7,12-13H2,(H,20,22). The number of hydrogen-bond acceptors (Lipinski definition) is 3. The van der Waals surface area contributed by atoms with Crippen molar-refractivity contribution in [2.75, 3.05) is 6.54 Å². The number of nitrogens with zero attached hydrogens (tertiary/aromatic N) is 2. The molecule has 2 aliphatic rings. The Morgan fingerprint density at radius 1 is 1.09 bits per heavy atom. The van der Waals surface area contributed by atoms with Crippen LogP contribution in [-0.2, 0) is 16.1 Å². The zero-order valence-corrected chi connectivity index (χ0v) is 13.5. The third-order valence-corrected chi connectivity index (χ3v) is 5.01. The summed E-state index contributed by atoms with van der Waals surface area (Å²) in [6, 6.07) is 3.49. The lowest BCUT2D eigenvalue weighted by molar-refractivity contribution is -0.142. The maximum atomic E-state index is 12.7. The van der Waals surface area contributed by atoms with Crippen LogP contribution in [0.3, 0.4) is 0 Å². The van der Waals surface area contributed by atoms with Gasteiger partial charge in [-0.3, -0.25) is 14.6 Å². The number of pyridine rings is 1. The number of likely N-dealkylation sites (tertiary alicyclic amines) is 1. The van der Waals surface area contributed by atoms with E-state index < -0.39 is 0 Å². The predicted octanol–water partition coefficient (Wildman–Crippen LogP) is 2.27. The van der Waals surface area contributed by atoms with Crippen LogP contribution in [0, 0.1) is 5.92 Å². The molecule has 3 rings (SSSR count). The van der Waals surface area contributed by atoms with E-state index in [1.807, 2.05) is 17.0 Å². The van der Waals surface area contributed by atoms with Crippen LogP contribution in [0.5, 0.6) is 0 Å². The summed E-state index contributed by atoms with van der Waals surface area (Å²) in [5, 5.41) is 2.97. The molecular weight excluding hydrogens is 290 g/mol. The minimum Gasteiger partial charge on any atom is -0.350 e. The van der Waals surface area contributed by atoms with Crippen molar-refractivity contribution in [2.24, 2.45) is 5.92 Å². The van der Waals surface area contributed by atoms with Gasteiger partial charge in [0.15, 0.2) is 0 Å². The monoisotopic (exact) mass is 315 g/mol. The Morgan fingerprint density at radius 3 is 2.57 bits per heavy atom. The molecule has 1 unspecified atom stereocenters. The van der Waals surface area contributed by atoms with Gasteiger partial charge in [0.2, 0.25) is 11.8 Å². The zero-order chi connectivity index (χ0) is 16.1. The molecule has 5 heteroatoms. The molecule has 1 aromatic heterocycles. The SMILES string of the molecule is O=C(NCc1ccncc1)C1CCCN1C(=O)C1CCCCC1. The van der Waals surface area contributed by atoms with Crippen molar-refractivity contribution >= 4 is 11.8 Å². The highest BCUT2D eigenvalue weighted by atomic mass is 16.2. The van der Waals surface area contributed by atoms with Crippen molar-refractivity contribution in [3.05, 3.63) is 30.1 Å². The first kappa shape index (κ1) is 16.0. The van der Waals surface area contributed by atoms with Crippen molar-refractivity contribution in [3.8, 4) is 0 Å². The number of aromatic nitrogens is 1. The molecule has 0 radical (unpaired) electrons. The average molecular weight is 315 g/mol. The first-order valence-corrected chi connectivity index (χ1v) is 8.73. The van der Waals surface area contributed by atoms with Gasteiger partial charge in [-0.15, -0.1) is 0 Å². The second-order valence-electron chi connectivity index (χ2n) is 6.60. The molecule has 2 amide bonds. The quantitative estimate of drug-likeness (QED) is 0.927. The summed E-state index contributed by atoms with van der Waals surface area (Å²) in [5.74, 6) is 0.312. The van der Waals surface area contributed by atoms with Crippen molar-refractivity contribution in [1.29, 1.82) is 0 Å². The highest BCUT2D eigenvalue weighted by Crippen LogP contribution is 2.28. The number of rotatable bonds is 4. The minimum atomic E-state index is -0.286. The summed E-state index contributed by atoms with van der Waals surface area (Å²) < 4.78 is 0. The highest BCUT2D eigenvalue weighted by molar-refractivity contribution is 5.89. The van der Waals surface area contributed by atoms with E-state index in [9.17, 15) is 9.59 Å². The lowest BCUT2D eigenvalue weighted by atomic mass is 9.88. The van der Waals surface area contributed by atoms with Gasteiger partial charge in [0.1, 0.15) is 6.04 Å². The molecule has 1 saturated heterocycles. The lowest BCUT2D eigenvalue weighted by Crippen LogP contribution is -2.47. The van der Waals surface area contributed by atoms with Crippen LogP contribution in [0.2, 0.25) is 0 Å². The van der Waals surface area contributed by atoms with Gasteiger partial charge >= 0.3 is 0 Å². The fourth-order valence-electron chi connectivity index (χ4n) is 3.69. The maximum Gasteiger partial charge on any atom is 0.243 e. The number of carbonyl (C=O) groups is 2. The summed E-state index contributed by atoms with van der Waals surface area (Å²) in [4.78, 5) is 31.0. The minimum absolute atomic E-state index is 0.0246. The van der Waals surface area contributed by atoms with E-state index in [0.717, 1.165) is 50.6 Å². The van der Waals surface area contributed by atoms with Crippen molar-refractivity contribution in [2.45, 2.75) is 57.5 Å². The van der Waals surface area contributed by atoms with E-state index in [2.05, 4.69) is 10.3 Å². The Morgan fingerprint density at radius 2 is 1.83 bits per heavy atom. The second kappa shape index (κ2) is 7.57. The van der Waals surface area contributed by atoms with Crippen LogP contribution in [-0.4, -0.2) is 34.3 Å². The molecule has 0 bridgehead atoms. The highest BCUT2D eigenvalue weighted by Gasteiger charge is 2.37. The second-order valence-corrected chi connectivity index (χ2v) is 6.60. The number of hydrogen-bond donors (Lipinski definition) is 1. The van der Waals surface area contributed by atoms with E-state index in [-0.39, 0.29) is 23.8 Å². The molecule has 5 nitrogen and oxygen atoms in total. The summed E-state index contributed by atoms with van der Waals surface area (Å²) in [5.41, 5.74) is 1.02. The Bertz CT molecular complexity index is 540. The molecule has 23 heavy (non-hydrogen) atoms. The van der Waals surface area contributed by atoms with Crippen LogP contribution in [0.1, 0.15) is 50.5 Å². The Hall–Kier alpha value is -1.91. The zero-order valence-electron chi connectivity index (χ0n) is 13.5. The molecule has 1 aliphatic heterocycles. The van der Waals surface area contributed by atoms with Gasteiger partial charge in [0, 0.05) is 31.4 Å². The molecule has 1 atom stereocenters. The molecule has 1 saturated carbocycles. The molecule has 2 heterocycles. The van der Waals surface area contributed by atoms with Crippen LogP contribution < -0.4 is 5.32 Å². The summed E-state index contributed by atoms with van der Waals surface area (Å²) in [6.45, 7) is 1.21. The smallest absolute Gasteiger partial charge is 0.243 e. The fraction of sp³-hybridized carbons (Fsp3) is 0.611. The summed E-state index contributed by atoms with van der Waals surface area (Å²) in [6.07, 6.45) is 10.6. The maximum absolute atomic E-state index is 12.7. The molecule has 124 valence electrons. The molecule has 1 aliphatic carbocycles. The first-order chi connectivity index (χ1) is 11.3. The predicted molar refractivity (Wildman–Crippen MR) is 87.4 cm³/mol. The largest absolute Gasteiger partial charge is 0.350 e. The molecule has 1 aromatic rings. The van der Waals surface area contributed by atoms with Crippen molar-refractivity contribution in [1.82, 2.24) is 15.2 Å². The van der Waals surface area contributed by atoms with E-state index in [0.29, 0.717) is 6.54 Å². The molecule has 1 N–H and O–H groups in total. The average Bonchev–Trinajstić information content (AvgIpc) is 3.10. The van der Waals surface area contributed by atoms with Gasteiger partial charge in [-0.2, -0.15) is 0 Å². The lowest BCUT2D eigenvalue weighted by Gasteiger charge is -2.30. The van der Waals surface area contributed by atoms with Crippen LogP contribution in [0.15, 0.2) is 24.5 Å². The summed E-state index contributed by atoms with van der Waals surface area (Å²) >= 11 is 0. The summed E-state index contributed by atoms with van der Waals surface area (Å²) in [7, 11) is 0. The Labute approximate surface area is 137 Å². The Balaban J connectivity index is 1.57. The van der Waals surface area contributed by atoms with Crippen LogP contribution in [0.25, 0.3) is 0 Å². The number of carbonyl (C=O) groups excluding carboxylic acids is 2.